The average molecular weight is 266 g/mol. The van der Waals surface area contributed by atoms with Crippen LogP contribution in [-0.4, -0.2) is 18.1 Å². The van der Waals surface area contributed by atoms with Crippen LogP contribution in [0.25, 0.3) is 15.7 Å². The third-order valence-corrected chi connectivity index (χ3v) is 3.29. The minimum Gasteiger partial charge on any atom is -0.867 e. The van der Waals surface area contributed by atoms with Crippen LogP contribution in [-0.2, 0) is 10.1 Å². The number of aromatic hydroxyl groups is 1. The molecule has 0 unspecified atom stereocenters. The molecule has 0 aliphatic rings. The maximum absolute atomic E-state index is 11.7. The molecule has 0 saturated carbocycles. The zero-order chi connectivity index (χ0) is 13.5. The maximum Gasteiger partial charge on any atom is 0.379 e. The molecule has 0 aliphatic heterocycles. The third-order valence-electron chi connectivity index (χ3n) is 2.40. The number of hydrogen-bond donors (Lipinski definition) is 2. The SMILES string of the molecule is N#[N+]c1cc(S(=O)(=O)O)c2ccc(O)cc2c1[O-]. The van der Waals surface area contributed by atoms with E-state index in [0.717, 1.165) is 12.1 Å². The minimum absolute atomic E-state index is 0.0623. The molecule has 92 valence electrons. The summed E-state index contributed by atoms with van der Waals surface area (Å²) in [4.78, 5) is 2.09. The highest BCUT2D eigenvalue weighted by Crippen LogP contribution is 2.38. The summed E-state index contributed by atoms with van der Waals surface area (Å²) in [6.45, 7) is 0. The first-order valence-corrected chi connectivity index (χ1v) is 6.08. The molecular formula is C10H6N2O5S. The van der Waals surface area contributed by atoms with Crippen molar-refractivity contribution in [1.82, 2.24) is 0 Å². The van der Waals surface area contributed by atoms with E-state index >= 15 is 0 Å². The molecule has 0 saturated heterocycles. The van der Waals surface area contributed by atoms with Crippen molar-refractivity contribution in [3.8, 4) is 11.5 Å². The molecule has 7 nitrogen and oxygen atoms in total. The Hall–Kier alpha value is -2.37. The van der Waals surface area contributed by atoms with E-state index in [0.29, 0.717) is 0 Å². The molecule has 8 heteroatoms. The van der Waals surface area contributed by atoms with Gasteiger partial charge < -0.3 is 10.2 Å². The Labute approximate surface area is 101 Å². The van der Waals surface area contributed by atoms with Crippen molar-refractivity contribution >= 4 is 26.6 Å². The Bertz CT molecular complexity index is 792. The topological polar surface area (TPSA) is 126 Å². The highest BCUT2D eigenvalue weighted by atomic mass is 32.2. The first-order valence-electron chi connectivity index (χ1n) is 4.64. The van der Waals surface area contributed by atoms with Gasteiger partial charge in [0.1, 0.15) is 10.6 Å². The normalized spacial score (nSPS) is 11.3. The number of phenols is 1. The van der Waals surface area contributed by atoms with Gasteiger partial charge in [-0.15, -0.1) is 0 Å². The number of nitrogens with zero attached hydrogens (tertiary/aromatic N) is 2. The number of benzene rings is 2. The van der Waals surface area contributed by atoms with Gasteiger partial charge in [-0.1, -0.05) is 0 Å². The van der Waals surface area contributed by atoms with E-state index in [9.17, 15) is 18.6 Å². The van der Waals surface area contributed by atoms with Gasteiger partial charge in [0, 0.05) is 5.39 Å². The maximum atomic E-state index is 11.7. The van der Waals surface area contributed by atoms with Crippen molar-refractivity contribution in [2.24, 2.45) is 0 Å². The molecule has 0 aromatic heterocycles. The van der Waals surface area contributed by atoms with Gasteiger partial charge in [-0.05, 0) is 29.3 Å². The molecule has 0 radical (unpaired) electrons. The second-order valence-electron chi connectivity index (χ2n) is 3.53. The lowest BCUT2D eigenvalue weighted by molar-refractivity contribution is -0.264. The van der Waals surface area contributed by atoms with Crippen molar-refractivity contribution in [2.45, 2.75) is 4.90 Å². The van der Waals surface area contributed by atoms with Crippen LogP contribution in [0.15, 0.2) is 29.2 Å². The van der Waals surface area contributed by atoms with Gasteiger partial charge in [-0.2, -0.15) is 8.42 Å². The molecule has 0 spiro atoms. The second kappa shape index (κ2) is 3.83. The number of fused-ring (bicyclic) bond motifs is 1. The van der Waals surface area contributed by atoms with E-state index in [1.54, 1.807) is 0 Å². The molecule has 2 rings (SSSR count). The summed E-state index contributed by atoms with van der Waals surface area (Å²) in [6.07, 6.45) is 0. The Morgan fingerprint density at radius 3 is 2.44 bits per heavy atom. The summed E-state index contributed by atoms with van der Waals surface area (Å²) < 4.78 is 31.4. The molecule has 18 heavy (non-hydrogen) atoms. The molecule has 0 amide bonds. The van der Waals surface area contributed by atoms with Crippen molar-refractivity contribution in [3.63, 3.8) is 0 Å². The zero-order valence-corrected chi connectivity index (χ0v) is 9.55. The molecule has 0 aliphatic carbocycles. The smallest absolute Gasteiger partial charge is 0.379 e. The van der Waals surface area contributed by atoms with E-state index < -0.39 is 26.5 Å². The molecule has 2 N–H and O–H groups in total. The van der Waals surface area contributed by atoms with Crippen LogP contribution in [0.2, 0.25) is 0 Å². The monoisotopic (exact) mass is 266 g/mol. The average Bonchev–Trinajstić information content (AvgIpc) is 2.28. The van der Waals surface area contributed by atoms with Gasteiger partial charge in [0.25, 0.3) is 10.1 Å². The number of rotatable bonds is 1. The molecule has 0 atom stereocenters. The lowest BCUT2D eigenvalue weighted by Crippen LogP contribution is -2.01. The van der Waals surface area contributed by atoms with Crippen LogP contribution in [0, 0.1) is 5.39 Å². The first kappa shape index (κ1) is 12.1. The summed E-state index contributed by atoms with van der Waals surface area (Å²) in [5.74, 6) is -1.01. The highest BCUT2D eigenvalue weighted by Gasteiger charge is 2.21. The van der Waals surface area contributed by atoms with E-state index in [4.69, 9.17) is 9.95 Å². The van der Waals surface area contributed by atoms with Crippen molar-refractivity contribution in [1.29, 1.82) is 5.39 Å². The molecule has 0 heterocycles. The Morgan fingerprint density at radius 1 is 1.22 bits per heavy atom. The number of diazo groups is 1. The van der Waals surface area contributed by atoms with Gasteiger partial charge in [-0.3, -0.25) is 4.55 Å². The number of hydrogen-bond acceptors (Lipinski definition) is 5. The fourth-order valence-electron chi connectivity index (χ4n) is 1.63. The third kappa shape index (κ3) is 1.81. The highest BCUT2D eigenvalue weighted by molar-refractivity contribution is 7.86. The summed E-state index contributed by atoms with van der Waals surface area (Å²) in [5.41, 5.74) is -0.541. The Balaban J connectivity index is 3.06. The summed E-state index contributed by atoms with van der Waals surface area (Å²) in [6, 6.07) is 4.14. The minimum atomic E-state index is -4.58. The van der Waals surface area contributed by atoms with Crippen LogP contribution < -0.4 is 5.11 Å². The summed E-state index contributed by atoms with van der Waals surface area (Å²) in [7, 11) is -4.58. The molecule has 2 aromatic rings. The first-order chi connectivity index (χ1) is 8.34. The van der Waals surface area contributed by atoms with Gasteiger partial charge in [0.05, 0.1) is 6.07 Å². The fourth-order valence-corrected chi connectivity index (χ4v) is 2.34. The molecular weight excluding hydrogens is 260 g/mol. The van der Waals surface area contributed by atoms with Gasteiger partial charge >= 0.3 is 5.69 Å². The molecule has 0 bridgehead atoms. The second-order valence-corrected chi connectivity index (χ2v) is 4.92. The zero-order valence-electron chi connectivity index (χ0n) is 8.73. The molecule has 2 aromatic carbocycles. The van der Waals surface area contributed by atoms with Gasteiger partial charge in [0.15, 0.2) is 4.98 Å². The number of phenolic OH excluding ortho intramolecular Hbond substituents is 1. The van der Waals surface area contributed by atoms with Crippen LogP contribution >= 0.6 is 0 Å². The van der Waals surface area contributed by atoms with Gasteiger partial charge in [-0.25, -0.2) is 0 Å². The van der Waals surface area contributed by atoms with Crippen molar-refractivity contribution in [2.75, 3.05) is 0 Å². The van der Waals surface area contributed by atoms with Crippen molar-refractivity contribution < 1.29 is 23.2 Å². The quantitative estimate of drug-likeness (QED) is 0.592. The summed E-state index contributed by atoms with van der Waals surface area (Å²) >= 11 is 0. The van der Waals surface area contributed by atoms with Crippen LogP contribution in [0.3, 0.4) is 0 Å². The Kier molecular flexibility index (Phi) is 2.58. The van der Waals surface area contributed by atoms with E-state index in [-0.39, 0.29) is 16.5 Å². The molecule has 0 fully saturated rings. The lowest BCUT2D eigenvalue weighted by Gasteiger charge is -2.10. The fraction of sp³-hybridized carbons (Fsp3) is 0. The van der Waals surface area contributed by atoms with Crippen molar-refractivity contribution in [3.05, 3.63) is 29.2 Å². The van der Waals surface area contributed by atoms with E-state index in [1.807, 2.05) is 0 Å². The predicted octanol–water partition coefficient (Wildman–Crippen LogP) is 1.35. The standard InChI is InChI=1S/C10H6N2O5S/c11-12-8-4-9(18(15,16)17)6-2-1-5(13)3-7(6)10(8)14/h1-4,11H,(H,15,16,17). The van der Waals surface area contributed by atoms with Crippen LogP contribution in [0.4, 0.5) is 5.69 Å². The largest absolute Gasteiger partial charge is 0.867 e. The van der Waals surface area contributed by atoms with Crippen LogP contribution in [0.5, 0.6) is 11.5 Å². The lowest BCUT2D eigenvalue weighted by atomic mass is 10.1. The van der Waals surface area contributed by atoms with E-state index in [2.05, 4.69) is 4.98 Å². The Morgan fingerprint density at radius 2 is 1.89 bits per heavy atom. The van der Waals surface area contributed by atoms with Crippen LogP contribution in [0.1, 0.15) is 0 Å². The summed E-state index contributed by atoms with van der Waals surface area (Å²) in [5, 5.41) is 29.4. The van der Waals surface area contributed by atoms with E-state index in [1.165, 1.54) is 12.1 Å². The van der Waals surface area contributed by atoms with Gasteiger partial charge in [0.2, 0.25) is 5.39 Å². The predicted molar refractivity (Wildman–Crippen MR) is 59.6 cm³/mol.